The second-order valence-electron chi connectivity index (χ2n) is 4.89. The molecule has 6 heteroatoms. The van der Waals surface area contributed by atoms with Crippen LogP contribution in [0.5, 0.6) is 17.2 Å². The van der Waals surface area contributed by atoms with Crippen LogP contribution in [0.15, 0.2) is 42.5 Å². The largest absolute Gasteiger partial charge is 0.491 e. The molecule has 4 nitrogen and oxygen atoms in total. The smallest absolute Gasteiger partial charge is 0.310 e. The maximum atomic E-state index is 12.9. The van der Waals surface area contributed by atoms with E-state index in [0.29, 0.717) is 22.8 Å². The number of carbonyl (C=O) groups excluding carboxylic acids is 1. The molecule has 128 valence electrons. The third kappa shape index (κ3) is 5.53. The van der Waals surface area contributed by atoms with Crippen LogP contribution in [-0.4, -0.2) is 25.9 Å². The molecule has 2 aromatic carbocycles. The molecule has 2 aromatic rings. The molecule has 0 aliphatic carbocycles. The molecule has 0 aliphatic heterocycles. The Hall–Kier alpha value is -2.63. The first-order valence-corrected chi connectivity index (χ1v) is 7.52. The Morgan fingerprint density at radius 1 is 1.04 bits per heavy atom. The fraction of sp³-hybridized carbons (Fsp3) is 0.278. The number of hydrogen-bond acceptors (Lipinski definition) is 4. The minimum Gasteiger partial charge on any atom is -0.491 e. The number of rotatable bonds is 8. The van der Waals surface area contributed by atoms with Gasteiger partial charge in [-0.3, -0.25) is 4.79 Å². The number of ether oxygens (including phenoxy) is 3. The Morgan fingerprint density at radius 2 is 1.75 bits per heavy atom. The van der Waals surface area contributed by atoms with Gasteiger partial charge in [0, 0.05) is 6.07 Å². The molecule has 0 bridgehead atoms. The summed E-state index contributed by atoms with van der Waals surface area (Å²) in [5.41, 5.74) is 0.613. The molecule has 0 unspecified atom stereocenters. The van der Waals surface area contributed by atoms with Gasteiger partial charge in [0.2, 0.25) is 0 Å². The van der Waals surface area contributed by atoms with E-state index in [-0.39, 0.29) is 31.4 Å². The summed E-state index contributed by atoms with van der Waals surface area (Å²) in [5, 5.41) is 0. The fourth-order valence-electron chi connectivity index (χ4n) is 2.05. The lowest BCUT2D eigenvalue weighted by Crippen LogP contribution is -2.08. The number of alkyl halides is 1. The molecule has 0 saturated carbocycles. The Bertz CT molecular complexity index is 671. The van der Waals surface area contributed by atoms with E-state index in [0.717, 1.165) is 0 Å². The average Bonchev–Trinajstić information content (AvgIpc) is 2.55. The van der Waals surface area contributed by atoms with Crippen molar-refractivity contribution in [1.29, 1.82) is 0 Å². The summed E-state index contributed by atoms with van der Waals surface area (Å²) in [5.74, 6) is 0.461. The molecule has 0 aromatic heterocycles. The van der Waals surface area contributed by atoms with Crippen molar-refractivity contribution in [2.24, 2.45) is 0 Å². The standard InChI is InChI=1S/C18H18F2O4/c1-2-22-18(21)11-13-9-16(23-8-7-19)12-17(10-13)24-15-5-3-14(20)4-6-15/h3-6,9-10,12H,2,7-8,11H2,1H3. The van der Waals surface area contributed by atoms with Crippen LogP contribution in [0.1, 0.15) is 12.5 Å². The fourth-order valence-corrected chi connectivity index (χ4v) is 2.05. The van der Waals surface area contributed by atoms with Gasteiger partial charge in [0.25, 0.3) is 0 Å². The summed E-state index contributed by atoms with van der Waals surface area (Å²) in [6.45, 7) is 1.28. The lowest BCUT2D eigenvalue weighted by molar-refractivity contribution is -0.142. The van der Waals surface area contributed by atoms with Crippen LogP contribution >= 0.6 is 0 Å². The van der Waals surface area contributed by atoms with Crippen molar-refractivity contribution >= 4 is 5.97 Å². The van der Waals surface area contributed by atoms with E-state index in [2.05, 4.69) is 0 Å². The molecule has 0 atom stereocenters. The van der Waals surface area contributed by atoms with Crippen LogP contribution in [0.2, 0.25) is 0 Å². The van der Waals surface area contributed by atoms with Crippen molar-refractivity contribution in [3.8, 4) is 17.2 Å². The van der Waals surface area contributed by atoms with Crippen molar-refractivity contribution < 1.29 is 27.8 Å². The number of carbonyl (C=O) groups is 1. The second-order valence-corrected chi connectivity index (χ2v) is 4.89. The van der Waals surface area contributed by atoms with Gasteiger partial charge >= 0.3 is 5.97 Å². The van der Waals surface area contributed by atoms with E-state index < -0.39 is 6.67 Å². The SMILES string of the molecule is CCOC(=O)Cc1cc(OCCF)cc(Oc2ccc(F)cc2)c1. The number of halogens is 2. The van der Waals surface area contributed by atoms with Crippen LogP contribution in [0.3, 0.4) is 0 Å². The van der Waals surface area contributed by atoms with Gasteiger partial charge in [-0.1, -0.05) is 0 Å². The normalized spacial score (nSPS) is 10.3. The molecule has 2 rings (SSSR count). The summed E-state index contributed by atoms with van der Waals surface area (Å²) < 4.78 is 41.1. The molecule has 24 heavy (non-hydrogen) atoms. The summed E-state index contributed by atoms with van der Waals surface area (Å²) in [6, 6.07) is 10.4. The molecule has 0 heterocycles. The summed E-state index contributed by atoms with van der Waals surface area (Å²) in [7, 11) is 0. The zero-order valence-electron chi connectivity index (χ0n) is 13.3. The van der Waals surface area contributed by atoms with Gasteiger partial charge in [-0.25, -0.2) is 8.78 Å². The van der Waals surface area contributed by atoms with Crippen molar-refractivity contribution in [2.75, 3.05) is 19.9 Å². The van der Waals surface area contributed by atoms with Crippen LogP contribution in [0.25, 0.3) is 0 Å². The topological polar surface area (TPSA) is 44.8 Å². The monoisotopic (exact) mass is 336 g/mol. The highest BCUT2D eigenvalue weighted by Gasteiger charge is 2.09. The molecule has 0 aliphatic rings. The Morgan fingerprint density at radius 3 is 2.42 bits per heavy atom. The first-order chi connectivity index (χ1) is 11.6. The molecule has 0 N–H and O–H groups in total. The average molecular weight is 336 g/mol. The van der Waals surface area contributed by atoms with E-state index >= 15 is 0 Å². The van der Waals surface area contributed by atoms with E-state index in [1.165, 1.54) is 24.3 Å². The van der Waals surface area contributed by atoms with Crippen LogP contribution in [0, 0.1) is 5.82 Å². The van der Waals surface area contributed by atoms with Crippen LogP contribution in [-0.2, 0) is 16.0 Å². The Kier molecular flexibility index (Phi) is 6.54. The van der Waals surface area contributed by atoms with E-state index in [1.807, 2.05) is 0 Å². The lowest BCUT2D eigenvalue weighted by atomic mass is 10.1. The molecular formula is C18H18F2O4. The maximum Gasteiger partial charge on any atom is 0.310 e. The molecule has 0 radical (unpaired) electrons. The number of benzene rings is 2. The predicted octanol–water partition coefficient (Wildman–Crippen LogP) is 4.07. The highest BCUT2D eigenvalue weighted by Crippen LogP contribution is 2.28. The third-order valence-electron chi connectivity index (χ3n) is 2.99. The van der Waals surface area contributed by atoms with Crippen molar-refractivity contribution in [1.82, 2.24) is 0 Å². The first kappa shape index (κ1) is 17.7. The zero-order chi connectivity index (χ0) is 17.4. The first-order valence-electron chi connectivity index (χ1n) is 7.52. The summed E-state index contributed by atoms with van der Waals surface area (Å²) in [4.78, 5) is 11.6. The van der Waals surface area contributed by atoms with Crippen molar-refractivity contribution in [2.45, 2.75) is 13.3 Å². The van der Waals surface area contributed by atoms with Crippen LogP contribution in [0.4, 0.5) is 8.78 Å². The van der Waals surface area contributed by atoms with Gasteiger partial charge in [0.15, 0.2) is 0 Å². The summed E-state index contributed by atoms with van der Waals surface area (Å²) in [6.07, 6.45) is 0.0421. The number of hydrogen-bond donors (Lipinski definition) is 0. The Balaban J connectivity index is 2.20. The highest BCUT2D eigenvalue weighted by atomic mass is 19.1. The quantitative estimate of drug-likeness (QED) is 0.682. The van der Waals surface area contributed by atoms with E-state index in [4.69, 9.17) is 14.2 Å². The molecule has 0 fully saturated rings. The van der Waals surface area contributed by atoms with Gasteiger partial charge < -0.3 is 14.2 Å². The molecule has 0 spiro atoms. The van der Waals surface area contributed by atoms with Gasteiger partial charge in [-0.15, -0.1) is 0 Å². The van der Waals surface area contributed by atoms with E-state index in [1.54, 1.807) is 25.1 Å². The van der Waals surface area contributed by atoms with Gasteiger partial charge in [0.1, 0.15) is 36.3 Å². The second kappa shape index (κ2) is 8.86. The lowest BCUT2D eigenvalue weighted by Gasteiger charge is -2.11. The Labute approximate surface area is 139 Å². The highest BCUT2D eigenvalue weighted by molar-refractivity contribution is 5.73. The predicted molar refractivity (Wildman–Crippen MR) is 84.7 cm³/mol. The summed E-state index contributed by atoms with van der Waals surface area (Å²) >= 11 is 0. The van der Waals surface area contributed by atoms with Gasteiger partial charge in [-0.05, 0) is 48.9 Å². The minimum atomic E-state index is -0.629. The maximum absolute atomic E-state index is 12.9. The molecular weight excluding hydrogens is 318 g/mol. The minimum absolute atomic E-state index is 0.0421. The third-order valence-corrected chi connectivity index (χ3v) is 2.99. The van der Waals surface area contributed by atoms with Gasteiger partial charge in [0.05, 0.1) is 13.0 Å². The number of esters is 1. The molecule has 0 saturated heterocycles. The zero-order valence-corrected chi connectivity index (χ0v) is 13.3. The van der Waals surface area contributed by atoms with E-state index in [9.17, 15) is 13.6 Å². The van der Waals surface area contributed by atoms with Crippen LogP contribution < -0.4 is 9.47 Å². The molecule has 0 amide bonds. The van der Waals surface area contributed by atoms with Crippen molar-refractivity contribution in [3.05, 3.63) is 53.8 Å². The van der Waals surface area contributed by atoms with Gasteiger partial charge in [-0.2, -0.15) is 0 Å². The van der Waals surface area contributed by atoms with Crippen molar-refractivity contribution in [3.63, 3.8) is 0 Å².